The van der Waals surface area contributed by atoms with Crippen LogP contribution in [-0.4, -0.2) is 42.4 Å². The molecule has 5 nitrogen and oxygen atoms in total. The van der Waals surface area contributed by atoms with Crippen LogP contribution >= 0.6 is 0 Å². The number of benzene rings is 1. The highest BCUT2D eigenvalue weighted by atomic mass is 16.5. The third-order valence-electron chi connectivity index (χ3n) is 3.47. The lowest BCUT2D eigenvalue weighted by Crippen LogP contribution is -2.36. The molecule has 1 fully saturated rings. The summed E-state index contributed by atoms with van der Waals surface area (Å²) in [4.78, 5) is 17.5. The number of pyridine rings is 1. The van der Waals surface area contributed by atoms with E-state index in [2.05, 4.69) is 9.88 Å². The standard InChI is InChI=1S/C16H16N2O3/c19-15(20)7-6-13-5-4-12-2-1-3-14(16(12)17-13)18-8-10-21-11-9-18/h1-7H,8-11H2,(H,19,20)/b7-6+. The van der Waals surface area contributed by atoms with Gasteiger partial charge in [0, 0.05) is 24.6 Å². The first-order valence-corrected chi connectivity index (χ1v) is 6.87. The first-order valence-electron chi connectivity index (χ1n) is 6.87. The number of nitrogens with zero attached hydrogens (tertiary/aromatic N) is 2. The summed E-state index contributed by atoms with van der Waals surface area (Å²) in [6, 6.07) is 9.86. The molecule has 0 saturated carbocycles. The number of fused-ring (bicyclic) bond motifs is 1. The molecule has 21 heavy (non-hydrogen) atoms. The van der Waals surface area contributed by atoms with Crippen molar-refractivity contribution in [2.75, 3.05) is 31.2 Å². The molecule has 1 aromatic heterocycles. The summed E-state index contributed by atoms with van der Waals surface area (Å²) < 4.78 is 5.38. The molecule has 3 rings (SSSR count). The fourth-order valence-electron chi connectivity index (χ4n) is 2.46. The Morgan fingerprint density at radius 2 is 2.05 bits per heavy atom. The van der Waals surface area contributed by atoms with Gasteiger partial charge in [0.15, 0.2) is 0 Å². The number of aromatic nitrogens is 1. The number of hydrogen-bond acceptors (Lipinski definition) is 4. The topological polar surface area (TPSA) is 62.7 Å². The maximum Gasteiger partial charge on any atom is 0.328 e. The van der Waals surface area contributed by atoms with E-state index in [1.165, 1.54) is 6.08 Å². The summed E-state index contributed by atoms with van der Waals surface area (Å²) in [5.41, 5.74) is 2.61. The minimum atomic E-state index is -0.974. The molecular formula is C16H16N2O3. The van der Waals surface area contributed by atoms with Crippen LogP contribution < -0.4 is 4.90 Å². The quantitative estimate of drug-likeness (QED) is 0.875. The van der Waals surface area contributed by atoms with Crippen LogP contribution in [0.15, 0.2) is 36.4 Å². The summed E-state index contributed by atoms with van der Waals surface area (Å²) in [5.74, 6) is -0.974. The largest absolute Gasteiger partial charge is 0.478 e. The van der Waals surface area contributed by atoms with E-state index in [0.29, 0.717) is 5.69 Å². The molecule has 0 atom stereocenters. The van der Waals surface area contributed by atoms with Crippen molar-refractivity contribution in [3.63, 3.8) is 0 Å². The van der Waals surface area contributed by atoms with Gasteiger partial charge in [-0.3, -0.25) is 0 Å². The SMILES string of the molecule is O=C(O)/C=C/c1ccc2cccc(N3CCOCC3)c2n1. The molecule has 0 spiro atoms. The second kappa shape index (κ2) is 5.93. The summed E-state index contributed by atoms with van der Waals surface area (Å²) in [5, 5.41) is 9.76. The van der Waals surface area contributed by atoms with E-state index in [4.69, 9.17) is 9.84 Å². The van der Waals surface area contributed by atoms with Gasteiger partial charge in [0.1, 0.15) is 0 Å². The lowest BCUT2D eigenvalue weighted by Gasteiger charge is -2.29. The number of ether oxygens (including phenoxy) is 1. The fraction of sp³-hybridized carbons (Fsp3) is 0.250. The zero-order valence-electron chi connectivity index (χ0n) is 11.5. The summed E-state index contributed by atoms with van der Waals surface area (Å²) in [7, 11) is 0. The Morgan fingerprint density at radius 1 is 1.24 bits per heavy atom. The van der Waals surface area contributed by atoms with Crippen molar-refractivity contribution in [2.24, 2.45) is 0 Å². The van der Waals surface area contributed by atoms with Crippen molar-refractivity contribution in [1.82, 2.24) is 4.98 Å². The van der Waals surface area contributed by atoms with Gasteiger partial charge in [-0.1, -0.05) is 18.2 Å². The number of carboxylic acids is 1. The van der Waals surface area contributed by atoms with Gasteiger partial charge in [0.2, 0.25) is 0 Å². The molecule has 5 heteroatoms. The van der Waals surface area contributed by atoms with Gasteiger partial charge in [-0.25, -0.2) is 9.78 Å². The normalized spacial score (nSPS) is 15.7. The minimum Gasteiger partial charge on any atom is -0.478 e. The number of para-hydroxylation sites is 1. The third kappa shape index (κ3) is 3.03. The summed E-state index contributed by atoms with van der Waals surface area (Å²) in [6.45, 7) is 3.12. The second-order valence-corrected chi connectivity index (χ2v) is 4.86. The zero-order chi connectivity index (χ0) is 14.7. The first-order chi connectivity index (χ1) is 10.2. The maximum atomic E-state index is 10.6. The van der Waals surface area contributed by atoms with Crippen LogP contribution in [0.4, 0.5) is 5.69 Å². The number of aliphatic carboxylic acids is 1. The van der Waals surface area contributed by atoms with Crippen LogP contribution in [-0.2, 0) is 9.53 Å². The average Bonchev–Trinajstić information content (AvgIpc) is 2.53. The number of morpholine rings is 1. The lowest BCUT2D eigenvalue weighted by atomic mass is 10.1. The number of anilines is 1. The molecule has 108 valence electrons. The van der Waals surface area contributed by atoms with Crippen LogP contribution in [0.1, 0.15) is 5.69 Å². The highest BCUT2D eigenvalue weighted by Crippen LogP contribution is 2.26. The minimum absolute atomic E-state index is 0.644. The average molecular weight is 284 g/mol. The Balaban J connectivity index is 2.03. The molecule has 1 aromatic carbocycles. The molecule has 0 bridgehead atoms. The van der Waals surface area contributed by atoms with Gasteiger partial charge in [-0.05, 0) is 18.2 Å². The van der Waals surface area contributed by atoms with E-state index >= 15 is 0 Å². The van der Waals surface area contributed by atoms with Crippen LogP contribution in [0.5, 0.6) is 0 Å². The van der Waals surface area contributed by atoms with Gasteiger partial charge >= 0.3 is 5.97 Å². The molecule has 2 aromatic rings. The molecule has 0 amide bonds. The summed E-state index contributed by atoms with van der Waals surface area (Å²) in [6.07, 6.45) is 2.61. The molecule has 0 unspecified atom stereocenters. The van der Waals surface area contributed by atoms with E-state index in [1.54, 1.807) is 0 Å². The van der Waals surface area contributed by atoms with E-state index in [0.717, 1.165) is 49.0 Å². The molecule has 2 heterocycles. The molecule has 1 aliphatic rings. The predicted octanol–water partition coefficient (Wildman–Crippen LogP) is 2.17. The number of rotatable bonds is 3. The van der Waals surface area contributed by atoms with E-state index in [1.807, 2.05) is 30.3 Å². The Bertz CT molecular complexity index is 691. The van der Waals surface area contributed by atoms with Crippen molar-refractivity contribution in [1.29, 1.82) is 0 Å². The Hall–Kier alpha value is -2.40. The smallest absolute Gasteiger partial charge is 0.328 e. The van der Waals surface area contributed by atoms with Crippen LogP contribution in [0.25, 0.3) is 17.0 Å². The van der Waals surface area contributed by atoms with Gasteiger partial charge in [0.25, 0.3) is 0 Å². The fourth-order valence-corrected chi connectivity index (χ4v) is 2.46. The number of carbonyl (C=O) groups is 1. The van der Waals surface area contributed by atoms with Gasteiger partial charge in [-0.2, -0.15) is 0 Å². The number of hydrogen-bond donors (Lipinski definition) is 1. The molecule has 0 radical (unpaired) electrons. The Labute approximate surface area is 122 Å². The maximum absolute atomic E-state index is 10.6. The van der Waals surface area contributed by atoms with E-state index in [-0.39, 0.29) is 0 Å². The van der Waals surface area contributed by atoms with Crippen molar-refractivity contribution in [3.05, 3.63) is 42.1 Å². The number of carboxylic acid groups (broad SMARTS) is 1. The van der Waals surface area contributed by atoms with Crippen LogP contribution in [0, 0.1) is 0 Å². The molecule has 1 N–H and O–H groups in total. The monoisotopic (exact) mass is 284 g/mol. The molecule has 1 saturated heterocycles. The third-order valence-corrected chi connectivity index (χ3v) is 3.47. The lowest BCUT2D eigenvalue weighted by molar-refractivity contribution is -0.131. The van der Waals surface area contributed by atoms with E-state index in [9.17, 15) is 4.79 Å². The highest BCUT2D eigenvalue weighted by molar-refractivity contribution is 5.92. The van der Waals surface area contributed by atoms with Crippen molar-refractivity contribution < 1.29 is 14.6 Å². The second-order valence-electron chi connectivity index (χ2n) is 4.86. The molecule has 0 aliphatic carbocycles. The Kier molecular flexibility index (Phi) is 3.83. The van der Waals surface area contributed by atoms with Gasteiger partial charge in [-0.15, -0.1) is 0 Å². The molecule has 1 aliphatic heterocycles. The van der Waals surface area contributed by atoms with Crippen LogP contribution in [0.3, 0.4) is 0 Å². The van der Waals surface area contributed by atoms with E-state index < -0.39 is 5.97 Å². The van der Waals surface area contributed by atoms with Crippen LogP contribution in [0.2, 0.25) is 0 Å². The van der Waals surface area contributed by atoms with Gasteiger partial charge < -0.3 is 14.7 Å². The van der Waals surface area contributed by atoms with Gasteiger partial charge in [0.05, 0.1) is 30.1 Å². The highest BCUT2D eigenvalue weighted by Gasteiger charge is 2.14. The van der Waals surface area contributed by atoms with Crippen molar-refractivity contribution >= 4 is 28.6 Å². The Morgan fingerprint density at radius 3 is 2.81 bits per heavy atom. The predicted molar refractivity (Wildman–Crippen MR) is 81.4 cm³/mol. The zero-order valence-corrected chi connectivity index (χ0v) is 11.5. The summed E-state index contributed by atoms with van der Waals surface area (Å²) >= 11 is 0. The van der Waals surface area contributed by atoms with Crippen molar-refractivity contribution in [3.8, 4) is 0 Å². The van der Waals surface area contributed by atoms with Crippen molar-refractivity contribution in [2.45, 2.75) is 0 Å². The first kappa shape index (κ1) is 13.6. The molecular weight excluding hydrogens is 268 g/mol.